The van der Waals surface area contributed by atoms with E-state index in [1.165, 1.54) is 0 Å². The van der Waals surface area contributed by atoms with Crippen LogP contribution in [0.4, 0.5) is 0 Å². The first-order valence-electron chi connectivity index (χ1n) is 10.1. The number of furan rings is 1. The molecule has 2 aromatic rings. The Labute approximate surface area is 172 Å². The van der Waals surface area contributed by atoms with Crippen LogP contribution in [-0.2, 0) is 11.2 Å². The molecular weight excluding hydrogens is 370 g/mol. The van der Waals surface area contributed by atoms with Gasteiger partial charge in [0, 0.05) is 39.1 Å². The van der Waals surface area contributed by atoms with Crippen LogP contribution in [0.5, 0.6) is 11.5 Å². The summed E-state index contributed by atoms with van der Waals surface area (Å²) in [5.41, 5.74) is 0. The van der Waals surface area contributed by atoms with Crippen molar-refractivity contribution in [3.8, 4) is 11.5 Å². The first-order valence-corrected chi connectivity index (χ1v) is 10.1. The van der Waals surface area contributed by atoms with E-state index in [2.05, 4.69) is 10.2 Å². The van der Waals surface area contributed by atoms with Gasteiger partial charge in [-0.15, -0.1) is 0 Å². The Balaban J connectivity index is 1.49. The lowest BCUT2D eigenvalue weighted by Crippen LogP contribution is -2.42. The molecule has 0 radical (unpaired) electrons. The van der Waals surface area contributed by atoms with Crippen LogP contribution in [0.2, 0.25) is 0 Å². The molecule has 1 aliphatic rings. The molecule has 7 heteroatoms. The van der Waals surface area contributed by atoms with Gasteiger partial charge >= 0.3 is 0 Å². The Morgan fingerprint density at radius 3 is 2.76 bits per heavy atom. The smallest absolute Gasteiger partial charge is 0.193 e. The van der Waals surface area contributed by atoms with E-state index >= 15 is 0 Å². The highest BCUT2D eigenvalue weighted by molar-refractivity contribution is 5.79. The molecule has 0 amide bonds. The molecule has 0 spiro atoms. The van der Waals surface area contributed by atoms with Crippen molar-refractivity contribution in [1.29, 1.82) is 0 Å². The summed E-state index contributed by atoms with van der Waals surface area (Å²) in [6, 6.07) is 11.5. The Morgan fingerprint density at radius 1 is 1.24 bits per heavy atom. The van der Waals surface area contributed by atoms with Crippen LogP contribution in [-0.4, -0.2) is 64.5 Å². The molecule has 29 heavy (non-hydrogen) atoms. The maximum absolute atomic E-state index is 5.85. The average molecular weight is 402 g/mol. The molecule has 1 aromatic heterocycles. The summed E-state index contributed by atoms with van der Waals surface area (Å²) in [6.45, 7) is 4.46. The fraction of sp³-hybridized carbons (Fsp3) is 0.500. The van der Waals surface area contributed by atoms with Crippen molar-refractivity contribution in [2.75, 3.05) is 53.6 Å². The third-order valence-corrected chi connectivity index (χ3v) is 4.87. The fourth-order valence-electron chi connectivity index (χ4n) is 3.09. The largest absolute Gasteiger partial charge is 0.497 e. The van der Waals surface area contributed by atoms with Gasteiger partial charge in [-0.2, -0.15) is 0 Å². The topological polar surface area (TPSA) is 68.5 Å². The molecule has 1 fully saturated rings. The number of rotatable bonds is 10. The van der Waals surface area contributed by atoms with Gasteiger partial charge < -0.3 is 28.8 Å². The van der Waals surface area contributed by atoms with Crippen molar-refractivity contribution in [2.24, 2.45) is 10.9 Å². The lowest BCUT2D eigenvalue weighted by atomic mass is 10.1. The Kier molecular flexibility index (Phi) is 8.25. The first kappa shape index (κ1) is 21.0. The number of benzene rings is 1. The van der Waals surface area contributed by atoms with E-state index in [-0.39, 0.29) is 0 Å². The fourth-order valence-corrected chi connectivity index (χ4v) is 3.09. The first-order chi connectivity index (χ1) is 14.2. The maximum atomic E-state index is 5.85. The molecule has 1 saturated heterocycles. The third-order valence-electron chi connectivity index (χ3n) is 4.87. The van der Waals surface area contributed by atoms with Gasteiger partial charge in [0.1, 0.15) is 23.9 Å². The van der Waals surface area contributed by atoms with Crippen molar-refractivity contribution < 1.29 is 18.6 Å². The quantitative estimate of drug-likeness (QED) is 0.488. The van der Waals surface area contributed by atoms with Gasteiger partial charge in [0.15, 0.2) is 5.96 Å². The van der Waals surface area contributed by atoms with Gasteiger partial charge in [-0.25, -0.2) is 0 Å². The minimum absolute atomic E-state index is 0.501. The zero-order valence-electron chi connectivity index (χ0n) is 17.3. The van der Waals surface area contributed by atoms with E-state index in [1.807, 2.05) is 43.4 Å². The lowest BCUT2D eigenvalue weighted by molar-refractivity contribution is 0.187. The summed E-state index contributed by atoms with van der Waals surface area (Å²) in [5.74, 6) is 3.99. The molecule has 158 valence electrons. The molecule has 1 aromatic carbocycles. The minimum Gasteiger partial charge on any atom is -0.497 e. The number of hydrogen-bond acceptors (Lipinski definition) is 5. The molecular formula is C22H31N3O4. The van der Waals surface area contributed by atoms with Crippen molar-refractivity contribution in [3.63, 3.8) is 0 Å². The van der Waals surface area contributed by atoms with Crippen molar-refractivity contribution in [1.82, 2.24) is 10.2 Å². The van der Waals surface area contributed by atoms with Crippen LogP contribution in [0.25, 0.3) is 0 Å². The monoisotopic (exact) mass is 401 g/mol. The summed E-state index contributed by atoms with van der Waals surface area (Å²) in [6.07, 6.45) is 3.59. The SMILES string of the molecule is COc1ccc(OCCN(C)C(=NCC2CCOC2)NCCc2ccco2)cc1. The molecule has 0 bridgehead atoms. The van der Waals surface area contributed by atoms with Crippen LogP contribution >= 0.6 is 0 Å². The molecule has 3 rings (SSSR count). The zero-order valence-corrected chi connectivity index (χ0v) is 17.3. The Bertz CT molecular complexity index is 725. The number of ether oxygens (including phenoxy) is 3. The predicted molar refractivity (Wildman–Crippen MR) is 113 cm³/mol. The summed E-state index contributed by atoms with van der Waals surface area (Å²) in [7, 11) is 3.68. The van der Waals surface area contributed by atoms with E-state index in [0.717, 1.165) is 68.9 Å². The van der Waals surface area contributed by atoms with E-state index in [1.54, 1.807) is 13.4 Å². The minimum atomic E-state index is 0.501. The lowest BCUT2D eigenvalue weighted by Gasteiger charge is -2.23. The number of aliphatic imine (C=N–C) groups is 1. The number of guanidine groups is 1. The molecule has 0 saturated carbocycles. The summed E-state index contributed by atoms with van der Waals surface area (Å²) in [4.78, 5) is 6.92. The highest BCUT2D eigenvalue weighted by Crippen LogP contribution is 2.17. The van der Waals surface area contributed by atoms with Gasteiger partial charge in [0.05, 0.1) is 26.5 Å². The summed E-state index contributed by atoms with van der Waals surface area (Å²) in [5, 5.41) is 3.45. The van der Waals surface area contributed by atoms with E-state index < -0.39 is 0 Å². The molecule has 0 aliphatic carbocycles. The molecule has 1 aliphatic heterocycles. The molecule has 1 atom stereocenters. The van der Waals surface area contributed by atoms with Crippen LogP contribution in [0, 0.1) is 5.92 Å². The maximum Gasteiger partial charge on any atom is 0.193 e. The van der Waals surface area contributed by atoms with Crippen LogP contribution < -0.4 is 14.8 Å². The molecule has 2 heterocycles. The van der Waals surface area contributed by atoms with Crippen molar-refractivity contribution >= 4 is 5.96 Å². The molecule has 1 N–H and O–H groups in total. The van der Waals surface area contributed by atoms with E-state index in [0.29, 0.717) is 12.5 Å². The highest BCUT2D eigenvalue weighted by atomic mass is 16.5. The Hall–Kier alpha value is -2.67. The van der Waals surface area contributed by atoms with E-state index in [4.69, 9.17) is 23.6 Å². The number of hydrogen-bond donors (Lipinski definition) is 1. The summed E-state index contributed by atoms with van der Waals surface area (Å²) >= 11 is 0. The predicted octanol–water partition coefficient (Wildman–Crippen LogP) is 2.82. The number of methoxy groups -OCH3 is 1. The second-order valence-corrected chi connectivity index (χ2v) is 7.10. The van der Waals surface area contributed by atoms with Gasteiger partial charge in [0.2, 0.25) is 0 Å². The normalized spacial score (nSPS) is 16.6. The van der Waals surface area contributed by atoms with Crippen LogP contribution in [0.15, 0.2) is 52.1 Å². The Morgan fingerprint density at radius 2 is 2.07 bits per heavy atom. The van der Waals surface area contributed by atoms with Gasteiger partial charge in [0.25, 0.3) is 0 Å². The third kappa shape index (κ3) is 7.02. The summed E-state index contributed by atoms with van der Waals surface area (Å²) < 4.78 is 21.9. The standard InChI is InChI=1S/C22H31N3O4/c1-25(12-15-29-21-7-5-19(26-2)6-8-21)22(24-16-18-10-14-27-17-18)23-11-9-20-4-3-13-28-20/h3-8,13,18H,9-12,14-17H2,1-2H3,(H,23,24). The second kappa shape index (κ2) is 11.4. The van der Waals surface area contributed by atoms with Crippen LogP contribution in [0.3, 0.4) is 0 Å². The van der Waals surface area contributed by atoms with Gasteiger partial charge in [-0.05, 0) is 42.8 Å². The number of likely N-dealkylation sites (N-methyl/N-ethyl adjacent to an activating group) is 1. The highest BCUT2D eigenvalue weighted by Gasteiger charge is 2.16. The number of nitrogens with zero attached hydrogens (tertiary/aromatic N) is 2. The molecule has 7 nitrogen and oxygen atoms in total. The number of nitrogens with one attached hydrogen (secondary N) is 1. The van der Waals surface area contributed by atoms with Gasteiger partial charge in [-0.1, -0.05) is 0 Å². The second-order valence-electron chi connectivity index (χ2n) is 7.10. The van der Waals surface area contributed by atoms with Gasteiger partial charge in [-0.3, -0.25) is 4.99 Å². The van der Waals surface area contributed by atoms with E-state index in [9.17, 15) is 0 Å². The van der Waals surface area contributed by atoms with Crippen molar-refractivity contribution in [3.05, 3.63) is 48.4 Å². The molecule has 1 unspecified atom stereocenters. The zero-order chi connectivity index (χ0) is 20.3. The average Bonchev–Trinajstić information content (AvgIpc) is 3.45. The van der Waals surface area contributed by atoms with Crippen LogP contribution in [0.1, 0.15) is 12.2 Å². The van der Waals surface area contributed by atoms with Crippen molar-refractivity contribution in [2.45, 2.75) is 12.8 Å².